The van der Waals surface area contributed by atoms with Crippen molar-refractivity contribution in [2.45, 2.75) is 69.8 Å². The van der Waals surface area contributed by atoms with Gasteiger partial charge in [0.2, 0.25) is 5.91 Å². The lowest BCUT2D eigenvalue weighted by molar-refractivity contribution is -0.188. The molecule has 1 fully saturated rings. The average Bonchev–Trinajstić information content (AvgIpc) is 2.37. The van der Waals surface area contributed by atoms with Crippen molar-refractivity contribution in [1.29, 1.82) is 0 Å². The summed E-state index contributed by atoms with van der Waals surface area (Å²) in [5.74, 6) is -1.18. The van der Waals surface area contributed by atoms with Crippen LogP contribution in [0.4, 0.5) is 13.2 Å². The van der Waals surface area contributed by atoms with E-state index < -0.39 is 17.6 Å². The van der Waals surface area contributed by atoms with Crippen molar-refractivity contribution in [1.82, 2.24) is 5.32 Å². The first-order valence-corrected chi connectivity index (χ1v) is 6.88. The Morgan fingerprint density at radius 1 is 1.40 bits per heavy atom. The first-order valence-electron chi connectivity index (χ1n) is 6.88. The van der Waals surface area contributed by atoms with Gasteiger partial charge in [0, 0.05) is 12.6 Å². The fraction of sp³-hybridized carbons (Fsp3) is 0.923. The molecule has 1 aliphatic heterocycles. The van der Waals surface area contributed by atoms with Crippen molar-refractivity contribution in [2.24, 2.45) is 5.73 Å². The molecule has 2 unspecified atom stereocenters. The van der Waals surface area contributed by atoms with E-state index in [1.54, 1.807) is 0 Å². The average molecular weight is 296 g/mol. The summed E-state index contributed by atoms with van der Waals surface area (Å²) in [4.78, 5) is 11.8. The molecule has 7 heteroatoms. The molecule has 0 spiro atoms. The van der Waals surface area contributed by atoms with Crippen LogP contribution in [0.15, 0.2) is 0 Å². The number of hydrogen-bond donors (Lipinski definition) is 2. The lowest BCUT2D eigenvalue weighted by Crippen LogP contribution is -2.63. The molecule has 0 saturated carbocycles. The molecule has 1 aliphatic rings. The maximum Gasteiger partial charge on any atom is 0.415 e. The van der Waals surface area contributed by atoms with Crippen LogP contribution >= 0.6 is 0 Å². The molecular weight excluding hydrogens is 273 g/mol. The SMILES string of the molecule is CCC1(CC)CC(NC(=O)C(C)(N)C(F)(F)F)CCO1. The maximum atomic E-state index is 12.7. The topological polar surface area (TPSA) is 64.4 Å². The van der Waals surface area contributed by atoms with Crippen LogP contribution in [0.2, 0.25) is 0 Å². The Morgan fingerprint density at radius 3 is 2.40 bits per heavy atom. The van der Waals surface area contributed by atoms with Crippen molar-refractivity contribution < 1.29 is 22.7 Å². The molecule has 20 heavy (non-hydrogen) atoms. The first kappa shape index (κ1) is 17.2. The van der Waals surface area contributed by atoms with Crippen LogP contribution < -0.4 is 11.1 Å². The highest BCUT2D eigenvalue weighted by molar-refractivity contribution is 5.86. The summed E-state index contributed by atoms with van der Waals surface area (Å²) in [6, 6.07) is -0.332. The minimum Gasteiger partial charge on any atom is -0.375 e. The predicted octanol–water partition coefficient (Wildman–Crippen LogP) is 2.12. The van der Waals surface area contributed by atoms with Crippen LogP contribution in [0.25, 0.3) is 0 Å². The number of carbonyl (C=O) groups excluding carboxylic acids is 1. The molecule has 1 heterocycles. The molecule has 0 aromatic carbocycles. The highest BCUT2D eigenvalue weighted by Crippen LogP contribution is 2.32. The minimum atomic E-state index is -4.77. The molecule has 0 bridgehead atoms. The molecule has 4 nitrogen and oxygen atoms in total. The van der Waals surface area contributed by atoms with E-state index in [4.69, 9.17) is 10.5 Å². The number of rotatable bonds is 4. The van der Waals surface area contributed by atoms with E-state index in [0.717, 1.165) is 12.8 Å². The molecule has 3 N–H and O–H groups in total. The normalized spacial score (nSPS) is 25.9. The second-order valence-electron chi connectivity index (χ2n) is 5.60. The summed E-state index contributed by atoms with van der Waals surface area (Å²) in [6.07, 6.45) is -2.24. The number of alkyl halides is 3. The summed E-state index contributed by atoms with van der Waals surface area (Å²) < 4.78 is 43.9. The highest BCUT2D eigenvalue weighted by atomic mass is 19.4. The third-order valence-electron chi connectivity index (χ3n) is 4.18. The summed E-state index contributed by atoms with van der Waals surface area (Å²) in [7, 11) is 0. The van der Waals surface area contributed by atoms with Gasteiger partial charge in [0.05, 0.1) is 5.60 Å². The van der Waals surface area contributed by atoms with E-state index in [2.05, 4.69) is 5.32 Å². The van der Waals surface area contributed by atoms with Crippen LogP contribution in [0.5, 0.6) is 0 Å². The Labute approximate surface area is 117 Å². The molecule has 1 amide bonds. The van der Waals surface area contributed by atoms with Crippen LogP contribution in [0, 0.1) is 0 Å². The fourth-order valence-electron chi connectivity index (χ4n) is 2.36. The second kappa shape index (κ2) is 5.89. The van der Waals surface area contributed by atoms with Crippen LogP contribution in [-0.2, 0) is 9.53 Å². The Morgan fingerprint density at radius 2 is 1.95 bits per heavy atom. The summed E-state index contributed by atoms with van der Waals surface area (Å²) in [5, 5.41) is 2.43. The second-order valence-corrected chi connectivity index (χ2v) is 5.60. The molecule has 0 aliphatic carbocycles. The predicted molar refractivity (Wildman–Crippen MR) is 69.1 cm³/mol. The Bertz CT molecular complexity index is 352. The Hall–Kier alpha value is -0.820. The number of amides is 1. The third-order valence-corrected chi connectivity index (χ3v) is 4.18. The lowest BCUT2D eigenvalue weighted by atomic mass is 9.85. The zero-order valence-corrected chi connectivity index (χ0v) is 12.1. The number of hydrogen-bond acceptors (Lipinski definition) is 3. The van der Waals surface area contributed by atoms with E-state index in [9.17, 15) is 18.0 Å². The molecule has 0 aromatic rings. The van der Waals surface area contributed by atoms with Gasteiger partial charge in [-0.2, -0.15) is 13.2 Å². The molecule has 2 atom stereocenters. The van der Waals surface area contributed by atoms with Crippen LogP contribution in [-0.4, -0.2) is 35.9 Å². The number of carbonyl (C=O) groups is 1. The molecular formula is C13H23F3N2O2. The van der Waals surface area contributed by atoms with Crippen molar-refractivity contribution in [2.75, 3.05) is 6.61 Å². The molecule has 118 valence electrons. The van der Waals surface area contributed by atoms with Gasteiger partial charge in [-0.15, -0.1) is 0 Å². The van der Waals surface area contributed by atoms with Gasteiger partial charge in [0.1, 0.15) is 0 Å². The monoisotopic (exact) mass is 296 g/mol. The smallest absolute Gasteiger partial charge is 0.375 e. The number of halogens is 3. The fourth-order valence-corrected chi connectivity index (χ4v) is 2.36. The van der Waals surface area contributed by atoms with E-state index in [1.807, 2.05) is 13.8 Å². The Kier molecular flexibility index (Phi) is 5.08. The minimum absolute atomic E-state index is 0.332. The third kappa shape index (κ3) is 3.44. The molecule has 1 saturated heterocycles. The first-order chi connectivity index (χ1) is 9.08. The standard InChI is InChI=1S/C13H23F3N2O2/c1-4-12(5-2)8-9(6-7-20-12)18-10(19)11(3,17)13(14,15)16/h9H,4-8,17H2,1-3H3,(H,18,19). The van der Waals surface area contributed by atoms with Crippen molar-refractivity contribution in [3.8, 4) is 0 Å². The van der Waals surface area contributed by atoms with Gasteiger partial charge < -0.3 is 15.8 Å². The number of ether oxygens (including phenoxy) is 1. The van der Waals surface area contributed by atoms with Gasteiger partial charge in [-0.1, -0.05) is 13.8 Å². The molecule has 0 aromatic heterocycles. The summed E-state index contributed by atoms with van der Waals surface area (Å²) in [5.41, 5.74) is 1.89. The van der Waals surface area contributed by atoms with Gasteiger partial charge in [0.15, 0.2) is 5.54 Å². The van der Waals surface area contributed by atoms with Crippen molar-refractivity contribution in [3.63, 3.8) is 0 Å². The van der Waals surface area contributed by atoms with Gasteiger partial charge in [-0.3, -0.25) is 4.79 Å². The zero-order valence-electron chi connectivity index (χ0n) is 12.1. The largest absolute Gasteiger partial charge is 0.415 e. The molecule has 0 radical (unpaired) electrons. The van der Waals surface area contributed by atoms with E-state index in [-0.39, 0.29) is 11.6 Å². The number of nitrogens with two attached hydrogens (primary N) is 1. The van der Waals surface area contributed by atoms with E-state index in [0.29, 0.717) is 26.4 Å². The van der Waals surface area contributed by atoms with Gasteiger partial charge in [-0.25, -0.2) is 0 Å². The summed E-state index contributed by atoms with van der Waals surface area (Å²) in [6.45, 7) is 5.06. The quantitative estimate of drug-likeness (QED) is 0.835. The van der Waals surface area contributed by atoms with Crippen molar-refractivity contribution in [3.05, 3.63) is 0 Å². The summed E-state index contributed by atoms with van der Waals surface area (Å²) >= 11 is 0. The van der Waals surface area contributed by atoms with Crippen molar-refractivity contribution >= 4 is 5.91 Å². The highest BCUT2D eigenvalue weighted by Gasteiger charge is 2.54. The lowest BCUT2D eigenvalue weighted by Gasteiger charge is -2.41. The van der Waals surface area contributed by atoms with Gasteiger partial charge in [0.25, 0.3) is 0 Å². The molecule has 1 rings (SSSR count). The van der Waals surface area contributed by atoms with Crippen LogP contribution in [0.1, 0.15) is 46.5 Å². The van der Waals surface area contributed by atoms with E-state index in [1.165, 1.54) is 0 Å². The number of nitrogens with one attached hydrogen (secondary N) is 1. The zero-order chi connectivity index (χ0) is 15.6. The van der Waals surface area contributed by atoms with Gasteiger partial charge in [-0.05, 0) is 32.6 Å². The van der Waals surface area contributed by atoms with E-state index >= 15 is 0 Å². The van der Waals surface area contributed by atoms with Gasteiger partial charge >= 0.3 is 6.18 Å². The van der Waals surface area contributed by atoms with Crippen LogP contribution in [0.3, 0.4) is 0 Å². The maximum absolute atomic E-state index is 12.7. The Balaban J connectivity index is 2.72.